The zero-order valence-electron chi connectivity index (χ0n) is 11.4. The number of benzene rings is 2. The van der Waals surface area contributed by atoms with Crippen LogP contribution in [0.15, 0.2) is 48.5 Å². The van der Waals surface area contributed by atoms with Crippen LogP contribution in [0, 0.1) is 6.92 Å². The lowest BCUT2D eigenvalue weighted by atomic mass is 10.1. The molecule has 21 heavy (non-hydrogen) atoms. The smallest absolute Gasteiger partial charge is 0.330 e. The van der Waals surface area contributed by atoms with Crippen molar-refractivity contribution in [3.05, 3.63) is 65.2 Å². The molecule has 1 atom stereocenters. The van der Waals surface area contributed by atoms with Crippen molar-refractivity contribution in [3.63, 3.8) is 0 Å². The molecule has 0 heterocycles. The van der Waals surface area contributed by atoms with Gasteiger partial charge in [0.05, 0.1) is 5.56 Å². The molecule has 0 aliphatic carbocycles. The first-order chi connectivity index (χ1) is 10.0. The Hall–Kier alpha value is -2.82. The van der Waals surface area contributed by atoms with Gasteiger partial charge in [-0.3, -0.25) is 4.79 Å². The number of carbonyl (C=O) groups is 2. The number of phenolic OH excluding ortho intramolecular Hbond substituents is 1. The minimum Gasteiger partial charge on any atom is -0.507 e. The lowest BCUT2D eigenvalue weighted by Gasteiger charge is -2.15. The van der Waals surface area contributed by atoms with E-state index in [9.17, 15) is 19.8 Å². The fourth-order valence-electron chi connectivity index (χ4n) is 1.98. The van der Waals surface area contributed by atoms with Crippen LogP contribution >= 0.6 is 0 Å². The number of hydrogen-bond acceptors (Lipinski definition) is 3. The van der Waals surface area contributed by atoms with E-state index in [1.807, 2.05) is 0 Å². The second-order valence-corrected chi connectivity index (χ2v) is 4.63. The van der Waals surface area contributed by atoms with Gasteiger partial charge in [-0.15, -0.1) is 0 Å². The van der Waals surface area contributed by atoms with Crippen LogP contribution in [0.25, 0.3) is 0 Å². The average Bonchev–Trinajstić information content (AvgIpc) is 2.48. The van der Waals surface area contributed by atoms with E-state index in [0.29, 0.717) is 11.1 Å². The largest absolute Gasteiger partial charge is 0.507 e. The van der Waals surface area contributed by atoms with E-state index in [0.717, 1.165) is 0 Å². The van der Waals surface area contributed by atoms with Crippen LogP contribution in [0.3, 0.4) is 0 Å². The molecule has 2 aromatic carbocycles. The average molecular weight is 285 g/mol. The molecule has 0 spiro atoms. The number of carbonyl (C=O) groups excluding carboxylic acids is 1. The maximum absolute atomic E-state index is 12.2. The molecule has 0 fully saturated rings. The highest BCUT2D eigenvalue weighted by Crippen LogP contribution is 2.22. The summed E-state index contributed by atoms with van der Waals surface area (Å²) in [5.74, 6) is -1.94. The second-order valence-electron chi connectivity index (χ2n) is 4.63. The van der Waals surface area contributed by atoms with Crippen LogP contribution in [0.5, 0.6) is 5.75 Å². The first-order valence-electron chi connectivity index (χ1n) is 6.38. The van der Waals surface area contributed by atoms with Crippen molar-refractivity contribution in [3.8, 4) is 5.75 Å². The standard InChI is InChI=1S/C16H15NO4/c1-10-6-5-9-12(14(10)18)15(19)17-13(16(20)21)11-7-3-2-4-8-11/h2-9,13,18H,1H3,(H,17,19)(H,20,21)/t13-/m1/s1. The van der Waals surface area contributed by atoms with Gasteiger partial charge in [-0.25, -0.2) is 4.79 Å². The van der Waals surface area contributed by atoms with Gasteiger partial charge in [0.25, 0.3) is 5.91 Å². The van der Waals surface area contributed by atoms with Crippen molar-refractivity contribution < 1.29 is 19.8 Å². The van der Waals surface area contributed by atoms with E-state index in [1.54, 1.807) is 49.4 Å². The Kier molecular flexibility index (Phi) is 4.23. The SMILES string of the molecule is Cc1cccc(C(=O)N[C@@H](C(=O)O)c2ccccc2)c1O. The highest BCUT2D eigenvalue weighted by atomic mass is 16.4. The number of phenols is 1. The van der Waals surface area contributed by atoms with E-state index in [-0.39, 0.29) is 11.3 Å². The number of carboxylic acid groups (broad SMARTS) is 1. The molecule has 0 saturated heterocycles. The summed E-state index contributed by atoms with van der Waals surface area (Å²) in [6.07, 6.45) is 0. The zero-order valence-corrected chi connectivity index (χ0v) is 11.4. The second kappa shape index (κ2) is 6.09. The Morgan fingerprint density at radius 1 is 1.05 bits per heavy atom. The van der Waals surface area contributed by atoms with Crippen LogP contribution in [0.4, 0.5) is 0 Å². The number of rotatable bonds is 4. The van der Waals surface area contributed by atoms with Crippen molar-refractivity contribution in [1.29, 1.82) is 0 Å². The van der Waals surface area contributed by atoms with Crippen molar-refractivity contribution >= 4 is 11.9 Å². The molecule has 1 amide bonds. The summed E-state index contributed by atoms with van der Waals surface area (Å²) < 4.78 is 0. The van der Waals surface area contributed by atoms with Crippen molar-refractivity contribution in [2.45, 2.75) is 13.0 Å². The molecule has 2 rings (SSSR count). The summed E-state index contributed by atoms with van der Waals surface area (Å²) in [5, 5.41) is 21.6. The van der Waals surface area contributed by atoms with Crippen LogP contribution in [-0.4, -0.2) is 22.1 Å². The van der Waals surface area contributed by atoms with E-state index in [2.05, 4.69) is 5.32 Å². The lowest BCUT2D eigenvalue weighted by molar-refractivity contribution is -0.139. The van der Waals surface area contributed by atoms with Gasteiger partial charge in [-0.05, 0) is 24.1 Å². The lowest BCUT2D eigenvalue weighted by Crippen LogP contribution is -2.33. The highest BCUT2D eigenvalue weighted by molar-refractivity contribution is 5.99. The minimum absolute atomic E-state index is 0.0529. The summed E-state index contributed by atoms with van der Waals surface area (Å²) in [7, 11) is 0. The van der Waals surface area contributed by atoms with Crippen LogP contribution < -0.4 is 5.32 Å². The predicted octanol–water partition coefficient (Wildman–Crippen LogP) is 2.26. The number of aromatic hydroxyl groups is 1. The van der Waals surface area contributed by atoms with Gasteiger partial charge < -0.3 is 15.5 Å². The fourth-order valence-corrected chi connectivity index (χ4v) is 1.98. The van der Waals surface area contributed by atoms with Gasteiger partial charge in [-0.1, -0.05) is 42.5 Å². The molecule has 3 N–H and O–H groups in total. The first kappa shape index (κ1) is 14.6. The minimum atomic E-state index is -1.17. The molecule has 0 unspecified atom stereocenters. The number of amides is 1. The normalized spacial score (nSPS) is 11.7. The summed E-state index contributed by atoms with van der Waals surface area (Å²) in [4.78, 5) is 23.5. The summed E-state index contributed by atoms with van der Waals surface area (Å²) in [6.45, 7) is 1.66. The molecule has 5 nitrogen and oxygen atoms in total. The Balaban J connectivity index is 2.28. The van der Waals surface area contributed by atoms with Crippen LogP contribution in [0.2, 0.25) is 0 Å². The molecular weight excluding hydrogens is 270 g/mol. The number of aryl methyl sites for hydroxylation is 1. The zero-order chi connectivity index (χ0) is 15.4. The predicted molar refractivity (Wildman–Crippen MR) is 77.1 cm³/mol. The van der Waals surface area contributed by atoms with E-state index in [4.69, 9.17) is 0 Å². The van der Waals surface area contributed by atoms with Gasteiger partial charge in [0, 0.05) is 0 Å². The van der Waals surface area contributed by atoms with Crippen LogP contribution in [0.1, 0.15) is 27.5 Å². The first-order valence-corrected chi connectivity index (χ1v) is 6.38. The van der Waals surface area contributed by atoms with Gasteiger partial charge in [-0.2, -0.15) is 0 Å². The van der Waals surface area contributed by atoms with Crippen LogP contribution in [-0.2, 0) is 4.79 Å². The van der Waals surface area contributed by atoms with Crippen molar-refractivity contribution in [1.82, 2.24) is 5.32 Å². The molecule has 0 aromatic heterocycles. The third-order valence-electron chi connectivity index (χ3n) is 3.14. The molecule has 0 aliphatic rings. The Morgan fingerprint density at radius 3 is 2.33 bits per heavy atom. The van der Waals surface area contributed by atoms with Gasteiger partial charge >= 0.3 is 5.97 Å². The van der Waals surface area contributed by atoms with Crippen molar-refractivity contribution in [2.24, 2.45) is 0 Å². The fraction of sp³-hybridized carbons (Fsp3) is 0.125. The van der Waals surface area contributed by atoms with E-state index >= 15 is 0 Å². The number of hydrogen-bond donors (Lipinski definition) is 3. The van der Waals surface area contributed by atoms with Gasteiger partial charge in [0.2, 0.25) is 0 Å². The van der Waals surface area contributed by atoms with E-state index < -0.39 is 17.9 Å². The number of nitrogens with one attached hydrogen (secondary N) is 1. The quantitative estimate of drug-likeness (QED) is 0.804. The Morgan fingerprint density at radius 2 is 1.71 bits per heavy atom. The van der Waals surface area contributed by atoms with Gasteiger partial charge in [0.15, 0.2) is 6.04 Å². The molecule has 0 bridgehead atoms. The molecule has 5 heteroatoms. The maximum atomic E-state index is 12.2. The molecule has 0 radical (unpaired) electrons. The molecule has 0 saturated carbocycles. The third kappa shape index (κ3) is 3.20. The number of aliphatic carboxylic acids is 1. The number of carboxylic acids is 1. The molecule has 108 valence electrons. The number of para-hydroxylation sites is 1. The molecule has 2 aromatic rings. The Labute approximate surface area is 121 Å². The monoisotopic (exact) mass is 285 g/mol. The highest BCUT2D eigenvalue weighted by Gasteiger charge is 2.23. The summed E-state index contributed by atoms with van der Waals surface area (Å²) in [6, 6.07) is 12.0. The van der Waals surface area contributed by atoms with Gasteiger partial charge in [0.1, 0.15) is 5.75 Å². The topological polar surface area (TPSA) is 86.6 Å². The Bertz CT molecular complexity index is 667. The third-order valence-corrected chi connectivity index (χ3v) is 3.14. The van der Waals surface area contributed by atoms with E-state index in [1.165, 1.54) is 6.07 Å². The summed E-state index contributed by atoms with van der Waals surface area (Å²) in [5.41, 5.74) is 1.07. The molecular formula is C16H15NO4. The molecule has 0 aliphatic heterocycles. The summed E-state index contributed by atoms with van der Waals surface area (Å²) >= 11 is 0. The maximum Gasteiger partial charge on any atom is 0.330 e. The van der Waals surface area contributed by atoms with Crippen molar-refractivity contribution in [2.75, 3.05) is 0 Å².